The van der Waals surface area contributed by atoms with Gasteiger partial charge < -0.3 is 10.1 Å². The molecule has 5 nitrogen and oxygen atoms in total. The highest BCUT2D eigenvalue weighted by Gasteiger charge is 2.23. The number of carbonyl (C=O) groups is 2. The van der Waals surface area contributed by atoms with Crippen LogP contribution in [0.15, 0.2) is 30.3 Å². The number of rotatable bonds is 3. The van der Waals surface area contributed by atoms with Crippen LogP contribution in [0.4, 0.5) is 10.5 Å². The number of nitrogens with one attached hydrogen (secondary N) is 1. The molecule has 0 saturated carbocycles. The number of carbonyl (C=O) groups excluding carboxylic acids is 2. The zero-order valence-electron chi connectivity index (χ0n) is 8.68. The molecule has 0 radical (unpaired) electrons. The number of hydrogen-bond acceptors (Lipinski definition) is 3. The lowest BCUT2D eigenvalue weighted by Gasteiger charge is -2.12. The summed E-state index contributed by atoms with van der Waals surface area (Å²) < 4.78 is 4.72. The van der Waals surface area contributed by atoms with Crippen LogP contribution in [0.25, 0.3) is 0 Å². The molecular formula is C11H12N2O3. The summed E-state index contributed by atoms with van der Waals surface area (Å²) >= 11 is 0. The normalized spacial score (nSPS) is 14.8. The Kier molecular flexibility index (Phi) is 3.05. The lowest BCUT2D eigenvalue weighted by molar-refractivity contribution is -0.116. The van der Waals surface area contributed by atoms with Crippen molar-refractivity contribution < 1.29 is 14.3 Å². The lowest BCUT2D eigenvalue weighted by Crippen LogP contribution is -2.33. The second-order valence-corrected chi connectivity index (χ2v) is 3.45. The smallest absolute Gasteiger partial charge is 0.410 e. The standard InChI is InChI=1S/C11H12N2O3/c14-10(8-13-6-7-16-11(13)15)12-9-4-2-1-3-5-9/h1-5H,6-8H2,(H,12,14). The van der Waals surface area contributed by atoms with Gasteiger partial charge in [-0.3, -0.25) is 9.69 Å². The summed E-state index contributed by atoms with van der Waals surface area (Å²) in [5, 5.41) is 2.70. The number of ether oxygens (including phenoxy) is 1. The fraction of sp³-hybridized carbons (Fsp3) is 0.273. The van der Waals surface area contributed by atoms with Gasteiger partial charge in [0.25, 0.3) is 0 Å². The largest absolute Gasteiger partial charge is 0.448 e. The zero-order valence-corrected chi connectivity index (χ0v) is 8.68. The van der Waals surface area contributed by atoms with E-state index in [0.717, 1.165) is 5.69 Å². The molecule has 2 rings (SSSR count). The monoisotopic (exact) mass is 220 g/mol. The van der Waals surface area contributed by atoms with Crippen LogP contribution in [-0.4, -0.2) is 36.6 Å². The van der Waals surface area contributed by atoms with Gasteiger partial charge in [-0.05, 0) is 12.1 Å². The van der Waals surface area contributed by atoms with Crippen molar-refractivity contribution in [3.63, 3.8) is 0 Å². The third-order valence-corrected chi connectivity index (χ3v) is 2.24. The summed E-state index contributed by atoms with van der Waals surface area (Å²) in [7, 11) is 0. The van der Waals surface area contributed by atoms with Crippen LogP contribution in [0.2, 0.25) is 0 Å². The van der Waals surface area contributed by atoms with Crippen LogP contribution >= 0.6 is 0 Å². The van der Waals surface area contributed by atoms with Gasteiger partial charge in [0.1, 0.15) is 13.2 Å². The molecule has 1 aromatic rings. The Labute approximate surface area is 93.0 Å². The summed E-state index contributed by atoms with van der Waals surface area (Å²) in [5.74, 6) is -0.218. The molecule has 1 fully saturated rings. The summed E-state index contributed by atoms with van der Waals surface area (Å²) in [6.07, 6.45) is -0.428. The van der Waals surface area contributed by atoms with Gasteiger partial charge in [0.05, 0.1) is 6.54 Å². The fourth-order valence-corrected chi connectivity index (χ4v) is 1.46. The van der Waals surface area contributed by atoms with Crippen LogP contribution in [0.3, 0.4) is 0 Å². The first-order valence-corrected chi connectivity index (χ1v) is 5.02. The van der Waals surface area contributed by atoms with Crippen LogP contribution in [0, 0.1) is 0 Å². The molecule has 84 valence electrons. The van der Waals surface area contributed by atoms with Crippen LogP contribution in [0.1, 0.15) is 0 Å². The Morgan fingerprint density at radius 2 is 2.12 bits per heavy atom. The van der Waals surface area contributed by atoms with E-state index >= 15 is 0 Å². The van der Waals surface area contributed by atoms with Gasteiger partial charge in [-0.15, -0.1) is 0 Å². The number of hydrogen-bond donors (Lipinski definition) is 1. The molecule has 1 aliphatic rings. The van der Waals surface area contributed by atoms with E-state index in [2.05, 4.69) is 5.32 Å². The van der Waals surface area contributed by atoms with Crippen LogP contribution in [0.5, 0.6) is 0 Å². The Morgan fingerprint density at radius 1 is 1.38 bits per heavy atom. The second-order valence-electron chi connectivity index (χ2n) is 3.45. The van der Waals surface area contributed by atoms with Crippen LogP contribution < -0.4 is 5.32 Å². The average molecular weight is 220 g/mol. The third-order valence-electron chi connectivity index (χ3n) is 2.24. The van der Waals surface area contributed by atoms with Gasteiger partial charge in [-0.25, -0.2) is 4.79 Å². The van der Waals surface area contributed by atoms with Crippen molar-refractivity contribution in [3.8, 4) is 0 Å². The minimum atomic E-state index is -0.428. The molecule has 5 heteroatoms. The molecule has 1 heterocycles. The van der Waals surface area contributed by atoms with Crippen molar-refractivity contribution >= 4 is 17.7 Å². The maximum atomic E-state index is 11.6. The molecule has 0 unspecified atom stereocenters. The quantitative estimate of drug-likeness (QED) is 0.829. The van der Waals surface area contributed by atoms with Gasteiger partial charge in [-0.1, -0.05) is 18.2 Å². The minimum Gasteiger partial charge on any atom is -0.448 e. The molecule has 0 bridgehead atoms. The van der Waals surface area contributed by atoms with Gasteiger partial charge in [0.2, 0.25) is 5.91 Å². The first-order valence-electron chi connectivity index (χ1n) is 5.02. The van der Waals surface area contributed by atoms with E-state index in [9.17, 15) is 9.59 Å². The van der Waals surface area contributed by atoms with Crippen molar-refractivity contribution in [3.05, 3.63) is 30.3 Å². The second kappa shape index (κ2) is 4.65. The van der Waals surface area contributed by atoms with Gasteiger partial charge in [0, 0.05) is 5.69 Å². The van der Waals surface area contributed by atoms with E-state index in [4.69, 9.17) is 4.74 Å². The van der Waals surface area contributed by atoms with E-state index < -0.39 is 6.09 Å². The number of para-hydroxylation sites is 1. The molecule has 0 aromatic heterocycles. The molecule has 16 heavy (non-hydrogen) atoms. The number of anilines is 1. The molecular weight excluding hydrogens is 208 g/mol. The van der Waals surface area contributed by atoms with Crippen LogP contribution in [-0.2, 0) is 9.53 Å². The van der Waals surface area contributed by atoms with Gasteiger partial charge in [0.15, 0.2) is 0 Å². The van der Waals surface area contributed by atoms with Crippen molar-refractivity contribution in [2.75, 3.05) is 25.0 Å². The molecule has 1 aliphatic heterocycles. The van der Waals surface area contributed by atoms with Crippen molar-refractivity contribution in [1.29, 1.82) is 0 Å². The van der Waals surface area contributed by atoms with E-state index in [-0.39, 0.29) is 12.5 Å². The summed E-state index contributed by atoms with van der Waals surface area (Å²) in [6, 6.07) is 9.12. The number of benzene rings is 1. The SMILES string of the molecule is O=C(CN1CCOC1=O)Nc1ccccc1. The number of cyclic esters (lactones) is 1. The van der Waals surface area contributed by atoms with E-state index in [0.29, 0.717) is 13.2 Å². The zero-order chi connectivity index (χ0) is 11.4. The summed E-state index contributed by atoms with van der Waals surface area (Å²) in [4.78, 5) is 24.0. The molecule has 0 spiro atoms. The first kappa shape index (κ1) is 10.5. The molecule has 1 saturated heterocycles. The number of nitrogens with zero attached hydrogens (tertiary/aromatic N) is 1. The molecule has 0 atom stereocenters. The van der Waals surface area contributed by atoms with Crippen molar-refractivity contribution in [1.82, 2.24) is 4.90 Å². The molecule has 1 N–H and O–H groups in total. The van der Waals surface area contributed by atoms with Crippen molar-refractivity contribution in [2.45, 2.75) is 0 Å². The van der Waals surface area contributed by atoms with Gasteiger partial charge in [-0.2, -0.15) is 0 Å². The molecule has 1 aromatic carbocycles. The van der Waals surface area contributed by atoms with Crippen molar-refractivity contribution in [2.24, 2.45) is 0 Å². The Balaban J connectivity index is 1.87. The highest BCUT2D eigenvalue weighted by molar-refractivity contribution is 5.93. The molecule has 0 aliphatic carbocycles. The summed E-state index contributed by atoms with van der Waals surface area (Å²) in [5.41, 5.74) is 0.722. The predicted molar refractivity (Wildman–Crippen MR) is 58.0 cm³/mol. The van der Waals surface area contributed by atoms with Gasteiger partial charge >= 0.3 is 6.09 Å². The Hall–Kier alpha value is -2.04. The average Bonchev–Trinajstić information content (AvgIpc) is 2.66. The maximum Gasteiger partial charge on any atom is 0.410 e. The molecule has 2 amide bonds. The Morgan fingerprint density at radius 3 is 2.75 bits per heavy atom. The highest BCUT2D eigenvalue weighted by Crippen LogP contribution is 2.06. The third kappa shape index (κ3) is 2.50. The highest BCUT2D eigenvalue weighted by atomic mass is 16.6. The number of amides is 2. The topological polar surface area (TPSA) is 58.6 Å². The first-order chi connectivity index (χ1) is 7.75. The minimum absolute atomic E-state index is 0.0354. The fourth-order valence-electron chi connectivity index (χ4n) is 1.46. The lowest BCUT2D eigenvalue weighted by atomic mass is 10.3. The predicted octanol–water partition coefficient (Wildman–Crippen LogP) is 1.08. The summed E-state index contributed by atoms with van der Waals surface area (Å²) in [6.45, 7) is 0.867. The van der Waals surface area contributed by atoms with E-state index in [1.165, 1.54) is 4.90 Å². The van der Waals surface area contributed by atoms with E-state index in [1.807, 2.05) is 18.2 Å². The Bertz CT molecular complexity index is 391. The maximum absolute atomic E-state index is 11.6. The van der Waals surface area contributed by atoms with E-state index in [1.54, 1.807) is 12.1 Å².